The van der Waals surface area contributed by atoms with Crippen LogP contribution in [0.3, 0.4) is 0 Å². The first-order valence-corrected chi connectivity index (χ1v) is 10.5. The standard InChI is InChI=1S/C23H20Cl3N3O2/c1-29(14-21(30)27-19-9-7-16(24)8-10-19)22(15-5-3-2-4-6-15)23(31)28-20-12-17(25)11-18(26)13-20/h2-13,22H,14H2,1H3,(H,27,30)(H,28,31). The molecule has 0 bridgehead atoms. The van der Waals surface area contributed by atoms with Gasteiger partial charge in [0.2, 0.25) is 11.8 Å². The predicted molar refractivity (Wildman–Crippen MR) is 127 cm³/mol. The summed E-state index contributed by atoms with van der Waals surface area (Å²) in [4.78, 5) is 27.4. The van der Waals surface area contributed by atoms with Crippen LogP contribution in [0.5, 0.6) is 0 Å². The molecule has 0 radical (unpaired) electrons. The Morgan fingerprint density at radius 1 is 0.806 bits per heavy atom. The highest BCUT2D eigenvalue weighted by atomic mass is 35.5. The maximum absolute atomic E-state index is 13.2. The van der Waals surface area contributed by atoms with E-state index in [9.17, 15) is 9.59 Å². The first kappa shape index (κ1) is 23.1. The summed E-state index contributed by atoms with van der Waals surface area (Å²) in [5.74, 6) is -0.573. The fraction of sp³-hybridized carbons (Fsp3) is 0.130. The Bertz CT molecular complexity index is 1040. The lowest BCUT2D eigenvalue weighted by atomic mass is 10.0. The SMILES string of the molecule is CN(CC(=O)Nc1ccc(Cl)cc1)C(C(=O)Nc1cc(Cl)cc(Cl)c1)c1ccccc1. The molecule has 8 heteroatoms. The minimum atomic E-state index is -0.713. The molecule has 0 saturated carbocycles. The van der Waals surface area contributed by atoms with Crippen LogP contribution in [-0.2, 0) is 9.59 Å². The number of nitrogens with zero attached hydrogens (tertiary/aromatic N) is 1. The number of hydrogen-bond donors (Lipinski definition) is 2. The lowest BCUT2D eigenvalue weighted by Crippen LogP contribution is -2.39. The van der Waals surface area contributed by atoms with Crippen LogP contribution < -0.4 is 10.6 Å². The highest BCUT2D eigenvalue weighted by molar-refractivity contribution is 6.35. The molecule has 2 N–H and O–H groups in total. The van der Waals surface area contributed by atoms with Gasteiger partial charge >= 0.3 is 0 Å². The third-order valence-corrected chi connectivity index (χ3v) is 5.14. The van der Waals surface area contributed by atoms with Crippen molar-refractivity contribution in [1.29, 1.82) is 0 Å². The number of amides is 2. The third-order valence-electron chi connectivity index (χ3n) is 4.46. The van der Waals surface area contributed by atoms with E-state index in [2.05, 4.69) is 10.6 Å². The minimum Gasteiger partial charge on any atom is -0.325 e. The highest BCUT2D eigenvalue weighted by Gasteiger charge is 2.27. The van der Waals surface area contributed by atoms with Gasteiger partial charge in [0.25, 0.3) is 0 Å². The molecule has 0 aromatic heterocycles. The molecular formula is C23H20Cl3N3O2. The fourth-order valence-corrected chi connectivity index (χ4v) is 3.78. The van der Waals surface area contributed by atoms with Gasteiger partial charge in [0.15, 0.2) is 0 Å². The summed E-state index contributed by atoms with van der Waals surface area (Å²) in [6.07, 6.45) is 0. The van der Waals surface area contributed by atoms with Crippen LogP contribution in [0.2, 0.25) is 15.1 Å². The van der Waals surface area contributed by atoms with E-state index in [-0.39, 0.29) is 18.4 Å². The molecule has 2 amide bonds. The van der Waals surface area contributed by atoms with Crippen LogP contribution in [-0.4, -0.2) is 30.3 Å². The number of benzene rings is 3. The molecule has 160 valence electrons. The van der Waals surface area contributed by atoms with E-state index < -0.39 is 6.04 Å². The van der Waals surface area contributed by atoms with Crippen molar-refractivity contribution in [1.82, 2.24) is 4.90 Å². The quantitative estimate of drug-likeness (QED) is 0.446. The molecule has 5 nitrogen and oxygen atoms in total. The van der Waals surface area contributed by atoms with E-state index in [4.69, 9.17) is 34.8 Å². The summed E-state index contributed by atoms with van der Waals surface area (Å²) in [5.41, 5.74) is 1.84. The van der Waals surface area contributed by atoms with Gasteiger partial charge in [-0.05, 0) is 55.1 Å². The lowest BCUT2D eigenvalue weighted by molar-refractivity contribution is -0.123. The first-order chi connectivity index (χ1) is 14.8. The molecule has 3 aromatic rings. The van der Waals surface area contributed by atoms with Crippen LogP contribution in [0.1, 0.15) is 11.6 Å². The Hall–Kier alpha value is -2.57. The van der Waals surface area contributed by atoms with Crippen LogP contribution in [0.4, 0.5) is 11.4 Å². The van der Waals surface area contributed by atoms with Gasteiger partial charge in [-0.25, -0.2) is 0 Å². The molecular weight excluding hydrogens is 457 g/mol. The minimum absolute atomic E-state index is 0.00803. The molecule has 0 aliphatic carbocycles. The Balaban J connectivity index is 1.77. The maximum atomic E-state index is 13.2. The van der Waals surface area contributed by atoms with Crippen LogP contribution >= 0.6 is 34.8 Å². The number of rotatable bonds is 7. The molecule has 0 spiro atoms. The monoisotopic (exact) mass is 475 g/mol. The van der Waals surface area contributed by atoms with Gasteiger partial charge in [-0.3, -0.25) is 14.5 Å². The maximum Gasteiger partial charge on any atom is 0.246 e. The number of anilines is 2. The number of nitrogens with one attached hydrogen (secondary N) is 2. The van der Waals surface area contributed by atoms with Crippen LogP contribution in [0.25, 0.3) is 0 Å². The normalized spacial score (nSPS) is 11.8. The second-order valence-electron chi connectivity index (χ2n) is 6.93. The number of carbonyl (C=O) groups excluding carboxylic acids is 2. The Kier molecular flexibility index (Phi) is 7.93. The van der Waals surface area contributed by atoms with Gasteiger partial charge in [0.1, 0.15) is 6.04 Å². The topological polar surface area (TPSA) is 61.4 Å². The molecule has 0 saturated heterocycles. The van der Waals surface area contributed by atoms with E-state index in [1.165, 1.54) is 0 Å². The number of hydrogen-bond acceptors (Lipinski definition) is 3. The van der Waals surface area contributed by atoms with Gasteiger partial charge in [0.05, 0.1) is 6.54 Å². The van der Waals surface area contributed by atoms with Crippen molar-refractivity contribution >= 4 is 58.0 Å². The Morgan fingerprint density at radius 3 is 2.03 bits per heavy atom. The van der Waals surface area contributed by atoms with Gasteiger partial charge in [-0.15, -0.1) is 0 Å². The molecule has 31 heavy (non-hydrogen) atoms. The second kappa shape index (κ2) is 10.6. The first-order valence-electron chi connectivity index (χ1n) is 9.39. The molecule has 0 aliphatic rings. The zero-order valence-corrected chi connectivity index (χ0v) is 18.9. The summed E-state index contributed by atoms with van der Waals surface area (Å²) >= 11 is 18.0. The zero-order valence-electron chi connectivity index (χ0n) is 16.6. The molecule has 0 heterocycles. The van der Waals surface area contributed by atoms with Crippen molar-refractivity contribution in [2.75, 3.05) is 24.2 Å². The second-order valence-corrected chi connectivity index (χ2v) is 8.24. The highest BCUT2D eigenvalue weighted by Crippen LogP contribution is 2.26. The molecule has 0 fully saturated rings. The molecule has 1 atom stereocenters. The zero-order chi connectivity index (χ0) is 22.4. The van der Waals surface area contributed by atoms with Gasteiger partial charge in [0, 0.05) is 26.4 Å². The van der Waals surface area contributed by atoms with Crippen LogP contribution in [0, 0.1) is 0 Å². The van der Waals surface area contributed by atoms with Crippen molar-refractivity contribution < 1.29 is 9.59 Å². The largest absolute Gasteiger partial charge is 0.325 e. The summed E-state index contributed by atoms with van der Waals surface area (Å²) in [7, 11) is 1.71. The van der Waals surface area contributed by atoms with Gasteiger partial charge < -0.3 is 10.6 Å². The summed E-state index contributed by atoms with van der Waals surface area (Å²) in [5, 5.41) is 7.04. The fourth-order valence-electron chi connectivity index (χ4n) is 3.13. The molecule has 3 aromatic carbocycles. The molecule has 1 unspecified atom stereocenters. The average Bonchev–Trinajstić information content (AvgIpc) is 2.70. The van der Waals surface area contributed by atoms with Crippen molar-refractivity contribution in [2.24, 2.45) is 0 Å². The number of halogens is 3. The van der Waals surface area contributed by atoms with E-state index in [1.54, 1.807) is 54.4 Å². The van der Waals surface area contributed by atoms with Crippen molar-refractivity contribution in [2.45, 2.75) is 6.04 Å². The van der Waals surface area contributed by atoms with Crippen LogP contribution in [0.15, 0.2) is 72.8 Å². The van der Waals surface area contributed by atoms with Crippen molar-refractivity contribution in [3.8, 4) is 0 Å². The van der Waals surface area contributed by atoms with E-state index >= 15 is 0 Å². The predicted octanol–water partition coefficient (Wildman–Crippen LogP) is 5.90. The van der Waals surface area contributed by atoms with Crippen molar-refractivity contribution in [3.63, 3.8) is 0 Å². The van der Waals surface area contributed by atoms with Gasteiger partial charge in [-0.1, -0.05) is 65.1 Å². The summed E-state index contributed by atoms with van der Waals surface area (Å²) in [6.45, 7) is -0.00803. The third kappa shape index (κ3) is 6.71. The smallest absolute Gasteiger partial charge is 0.246 e. The Morgan fingerprint density at radius 2 is 1.42 bits per heavy atom. The van der Waals surface area contributed by atoms with Crippen molar-refractivity contribution in [3.05, 3.63) is 93.4 Å². The number of carbonyl (C=O) groups is 2. The summed E-state index contributed by atoms with van der Waals surface area (Å²) < 4.78 is 0. The van der Waals surface area contributed by atoms with E-state index in [1.807, 2.05) is 30.3 Å². The lowest BCUT2D eigenvalue weighted by Gasteiger charge is -2.27. The van der Waals surface area contributed by atoms with E-state index in [0.717, 1.165) is 5.56 Å². The Labute approximate surface area is 195 Å². The molecule has 0 aliphatic heterocycles. The average molecular weight is 477 g/mol. The van der Waals surface area contributed by atoms with E-state index in [0.29, 0.717) is 26.4 Å². The number of likely N-dealkylation sites (N-methyl/N-ethyl adjacent to an activating group) is 1. The summed E-state index contributed by atoms with van der Waals surface area (Å²) in [6, 6.07) is 20.1. The molecule has 3 rings (SSSR count). The van der Waals surface area contributed by atoms with Gasteiger partial charge in [-0.2, -0.15) is 0 Å².